The van der Waals surface area contributed by atoms with Crippen LogP contribution in [0.5, 0.6) is 11.5 Å². The first-order valence-corrected chi connectivity index (χ1v) is 5.91. The monoisotopic (exact) mass is 250 g/mol. The topological polar surface area (TPSA) is 44.8 Å². The Labute approximate surface area is 107 Å². The van der Waals surface area contributed by atoms with Gasteiger partial charge in [-0.15, -0.1) is 0 Å². The van der Waals surface area contributed by atoms with Gasteiger partial charge in [-0.3, -0.25) is 4.79 Å². The van der Waals surface area contributed by atoms with E-state index in [1.807, 2.05) is 25.1 Å². The number of carbonyl (C=O) groups is 1. The smallest absolute Gasteiger partial charge is 0.316 e. The highest BCUT2D eigenvalue weighted by atomic mass is 16.5. The molecule has 0 aliphatic heterocycles. The fourth-order valence-electron chi connectivity index (χ4n) is 2.54. The predicted molar refractivity (Wildman–Crippen MR) is 67.0 cm³/mol. The molecule has 0 amide bonds. The second-order valence-corrected chi connectivity index (χ2v) is 4.63. The van der Waals surface area contributed by atoms with Crippen LogP contribution in [0.25, 0.3) is 0 Å². The molecule has 1 aliphatic carbocycles. The Morgan fingerprint density at radius 3 is 2.39 bits per heavy atom. The van der Waals surface area contributed by atoms with Crippen molar-refractivity contribution in [1.82, 2.24) is 0 Å². The zero-order valence-corrected chi connectivity index (χ0v) is 11.1. The average molecular weight is 250 g/mol. The standard InChI is InChI=1S/C14H18O4/c1-9-8-14(9,13(15)18-4)11-7-10(16-2)5-6-12(11)17-3/h5-7,9H,8H2,1-4H3. The first-order chi connectivity index (χ1) is 8.59. The Morgan fingerprint density at radius 1 is 1.28 bits per heavy atom. The minimum Gasteiger partial charge on any atom is -0.497 e. The summed E-state index contributed by atoms with van der Waals surface area (Å²) in [7, 11) is 4.62. The Hall–Kier alpha value is -1.71. The fourth-order valence-corrected chi connectivity index (χ4v) is 2.54. The second-order valence-electron chi connectivity index (χ2n) is 4.63. The maximum atomic E-state index is 12.1. The van der Waals surface area contributed by atoms with E-state index in [1.54, 1.807) is 14.2 Å². The minimum absolute atomic E-state index is 0.207. The van der Waals surface area contributed by atoms with Crippen molar-refractivity contribution in [2.45, 2.75) is 18.8 Å². The SMILES string of the molecule is COC(=O)C1(c2cc(OC)ccc2OC)CC1C. The van der Waals surface area contributed by atoms with Gasteiger partial charge in [0.15, 0.2) is 0 Å². The third-order valence-electron chi connectivity index (χ3n) is 3.75. The molecule has 1 aliphatic rings. The minimum atomic E-state index is -0.575. The molecule has 98 valence electrons. The van der Waals surface area contributed by atoms with E-state index in [1.165, 1.54) is 7.11 Å². The van der Waals surface area contributed by atoms with Crippen molar-refractivity contribution in [1.29, 1.82) is 0 Å². The lowest BCUT2D eigenvalue weighted by atomic mass is 9.92. The molecular weight excluding hydrogens is 232 g/mol. The van der Waals surface area contributed by atoms with Gasteiger partial charge in [0, 0.05) is 5.56 Å². The Balaban J connectivity index is 2.51. The van der Waals surface area contributed by atoms with Crippen LogP contribution in [-0.4, -0.2) is 27.3 Å². The highest BCUT2D eigenvalue weighted by Gasteiger charge is 2.61. The van der Waals surface area contributed by atoms with Crippen LogP contribution in [0.4, 0.5) is 0 Å². The van der Waals surface area contributed by atoms with Crippen LogP contribution in [0, 0.1) is 5.92 Å². The quantitative estimate of drug-likeness (QED) is 0.768. The summed E-state index contributed by atoms with van der Waals surface area (Å²) in [4.78, 5) is 12.1. The van der Waals surface area contributed by atoms with E-state index < -0.39 is 5.41 Å². The van der Waals surface area contributed by atoms with Crippen molar-refractivity contribution >= 4 is 5.97 Å². The number of methoxy groups -OCH3 is 3. The van der Waals surface area contributed by atoms with E-state index >= 15 is 0 Å². The van der Waals surface area contributed by atoms with Crippen molar-refractivity contribution in [2.24, 2.45) is 5.92 Å². The number of ether oxygens (including phenoxy) is 3. The van der Waals surface area contributed by atoms with E-state index in [2.05, 4.69) is 0 Å². The van der Waals surface area contributed by atoms with Crippen molar-refractivity contribution in [2.75, 3.05) is 21.3 Å². The average Bonchev–Trinajstić information content (AvgIpc) is 3.09. The van der Waals surface area contributed by atoms with Crippen molar-refractivity contribution in [3.8, 4) is 11.5 Å². The lowest BCUT2D eigenvalue weighted by Gasteiger charge is -2.18. The number of carbonyl (C=O) groups excluding carboxylic acids is 1. The summed E-state index contributed by atoms with van der Waals surface area (Å²) < 4.78 is 15.5. The first-order valence-electron chi connectivity index (χ1n) is 5.91. The molecule has 1 saturated carbocycles. The van der Waals surface area contributed by atoms with Gasteiger partial charge in [0.2, 0.25) is 0 Å². The van der Waals surface area contributed by atoms with Crippen LogP contribution >= 0.6 is 0 Å². The van der Waals surface area contributed by atoms with E-state index in [4.69, 9.17) is 14.2 Å². The van der Waals surface area contributed by atoms with Gasteiger partial charge in [-0.2, -0.15) is 0 Å². The largest absolute Gasteiger partial charge is 0.497 e. The molecule has 0 bridgehead atoms. The number of hydrogen-bond donors (Lipinski definition) is 0. The van der Waals surface area contributed by atoms with Gasteiger partial charge in [0.05, 0.1) is 26.7 Å². The predicted octanol–water partition coefficient (Wildman–Crippen LogP) is 2.15. The van der Waals surface area contributed by atoms with E-state index in [9.17, 15) is 4.79 Å². The summed E-state index contributed by atoms with van der Waals surface area (Å²) in [6.45, 7) is 2.04. The third kappa shape index (κ3) is 1.72. The molecular formula is C14H18O4. The summed E-state index contributed by atoms with van der Waals surface area (Å²) in [6.07, 6.45) is 0.781. The van der Waals surface area contributed by atoms with E-state index in [0.717, 1.165) is 12.0 Å². The maximum Gasteiger partial charge on any atom is 0.316 e. The first kappa shape index (κ1) is 12.7. The molecule has 4 nitrogen and oxygen atoms in total. The highest BCUT2D eigenvalue weighted by Crippen LogP contribution is 2.57. The molecule has 0 spiro atoms. The molecule has 0 N–H and O–H groups in total. The molecule has 0 heterocycles. The lowest BCUT2D eigenvalue weighted by molar-refractivity contribution is -0.144. The van der Waals surface area contributed by atoms with Crippen LogP contribution in [-0.2, 0) is 14.9 Å². The molecule has 2 atom stereocenters. The summed E-state index contributed by atoms with van der Waals surface area (Å²) in [5.74, 6) is 1.46. The Kier molecular flexibility index (Phi) is 3.20. The number of benzene rings is 1. The molecule has 2 rings (SSSR count). The van der Waals surface area contributed by atoms with Crippen LogP contribution in [0.15, 0.2) is 18.2 Å². The third-order valence-corrected chi connectivity index (χ3v) is 3.75. The second kappa shape index (κ2) is 4.52. The van der Waals surface area contributed by atoms with Crippen molar-refractivity contribution in [3.63, 3.8) is 0 Å². The van der Waals surface area contributed by atoms with Crippen LogP contribution in [0.3, 0.4) is 0 Å². The van der Waals surface area contributed by atoms with Gasteiger partial charge in [0.1, 0.15) is 11.5 Å². The summed E-state index contributed by atoms with van der Waals surface area (Å²) in [5, 5.41) is 0. The highest BCUT2D eigenvalue weighted by molar-refractivity contribution is 5.88. The Bertz CT molecular complexity index is 469. The number of esters is 1. The van der Waals surface area contributed by atoms with E-state index in [-0.39, 0.29) is 11.9 Å². The van der Waals surface area contributed by atoms with Gasteiger partial charge in [-0.05, 0) is 30.5 Å². The van der Waals surface area contributed by atoms with Gasteiger partial charge >= 0.3 is 5.97 Å². The van der Waals surface area contributed by atoms with Gasteiger partial charge in [0.25, 0.3) is 0 Å². The van der Waals surface area contributed by atoms with Crippen LogP contribution in [0.2, 0.25) is 0 Å². The molecule has 2 unspecified atom stereocenters. The summed E-state index contributed by atoms with van der Waals surface area (Å²) in [5.41, 5.74) is 0.276. The normalized spacial score (nSPS) is 25.4. The van der Waals surface area contributed by atoms with Crippen molar-refractivity contribution < 1.29 is 19.0 Å². The number of rotatable bonds is 4. The lowest BCUT2D eigenvalue weighted by Crippen LogP contribution is -2.24. The van der Waals surface area contributed by atoms with Gasteiger partial charge in [-0.1, -0.05) is 6.92 Å². The molecule has 18 heavy (non-hydrogen) atoms. The fraction of sp³-hybridized carbons (Fsp3) is 0.500. The molecule has 0 aromatic heterocycles. The van der Waals surface area contributed by atoms with Crippen LogP contribution < -0.4 is 9.47 Å². The zero-order chi connectivity index (χ0) is 13.3. The van der Waals surface area contributed by atoms with Crippen molar-refractivity contribution in [3.05, 3.63) is 23.8 Å². The summed E-state index contributed by atoms with van der Waals surface area (Å²) >= 11 is 0. The molecule has 1 aromatic rings. The van der Waals surface area contributed by atoms with Gasteiger partial charge < -0.3 is 14.2 Å². The van der Waals surface area contributed by atoms with Gasteiger partial charge in [-0.25, -0.2) is 0 Å². The molecule has 0 radical (unpaired) electrons. The molecule has 0 saturated heterocycles. The zero-order valence-electron chi connectivity index (χ0n) is 11.1. The molecule has 1 fully saturated rings. The molecule has 1 aromatic carbocycles. The Morgan fingerprint density at radius 2 is 1.94 bits per heavy atom. The maximum absolute atomic E-state index is 12.1. The van der Waals surface area contributed by atoms with E-state index in [0.29, 0.717) is 11.5 Å². The number of hydrogen-bond acceptors (Lipinski definition) is 4. The molecule has 4 heteroatoms. The summed E-state index contributed by atoms with van der Waals surface area (Å²) in [6, 6.07) is 5.50. The van der Waals surface area contributed by atoms with Crippen LogP contribution in [0.1, 0.15) is 18.9 Å².